The zero-order chi connectivity index (χ0) is 22.5. The summed E-state index contributed by atoms with van der Waals surface area (Å²) in [5.74, 6) is -0.383. The van der Waals surface area contributed by atoms with Gasteiger partial charge in [0.1, 0.15) is 23.7 Å². The summed E-state index contributed by atoms with van der Waals surface area (Å²) in [4.78, 5) is 37.5. The minimum absolute atomic E-state index is 0.128. The van der Waals surface area contributed by atoms with Crippen molar-refractivity contribution in [3.63, 3.8) is 0 Å². The molecule has 2 aromatic rings. The average Bonchev–Trinajstić information content (AvgIpc) is 3.09. The third kappa shape index (κ3) is 4.68. The Bertz CT molecular complexity index is 1000. The number of aryl methyl sites for hydroxylation is 2. The maximum absolute atomic E-state index is 12.7. The number of rotatable bonds is 7. The number of carbonyl (C=O) groups excluding carboxylic acids is 3. The monoisotopic (exact) mass is 429 g/mol. The summed E-state index contributed by atoms with van der Waals surface area (Å²) >= 11 is 0. The van der Waals surface area contributed by atoms with E-state index in [0.29, 0.717) is 22.8 Å². The van der Waals surface area contributed by atoms with Gasteiger partial charge in [0.25, 0.3) is 0 Å². The molecular weight excluding hydrogens is 406 g/mol. The van der Waals surface area contributed by atoms with Crippen molar-refractivity contribution in [3.05, 3.63) is 58.1 Å². The highest BCUT2D eigenvalue weighted by Crippen LogP contribution is 2.29. The quantitative estimate of drug-likeness (QED) is 0.642. The summed E-state index contributed by atoms with van der Waals surface area (Å²) < 4.78 is 20.7. The van der Waals surface area contributed by atoms with Crippen molar-refractivity contribution in [1.82, 2.24) is 15.8 Å². The lowest BCUT2D eigenvalue weighted by atomic mass is 9.95. The van der Waals surface area contributed by atoms with E-state index in [2.05, 4.69) is 15.8 Å². The van der Waals surface area contributed by atoms with Crippen LogP contribution in [0.3, 0.4) is 0 Å². The van der Waals surface area contributed by atoms with Crippen molar-refractivity contribution in [2.75, 3.05) is 20.3 Å². The van der Waals surface area contributed by atoms with Crippen molar-refractivity contribution in [2.24, 2.45) is 0 Å². The second-order valence-electron chi connectivity index (χ2n) is 6.69. The minimum atomic E-state index is -0.800. The van der Waals surface area contributed by atoms with Crippen LogP contribution in [0.1, 0.15) is 40.3 Å². The van der Waals surface area contributed by atoms with Gasteiger partial charge in [0, 0.05) is 0 Å². The molecule has 0 fully saturated rings. The van der Waals surface area contributed by atoms with Crippen LogP contribution in [0.15, 0.2) is 40.1 Å². The number of carbonyl (C=O) groups is 3. The molecule has 1 aromatic heterocycles. The van der Waals surface area contributed by atoms with Gasteiger partial charge < -0.3 is 29.4 Å². The molecule has 31 heavy (non-hydrogen) atoms. The van der Waals surface area contributed by atoms with Gasteiger partial charge in [0.15, 0.2) is 0 Å². The minimum Gasteiger partial charge on any atom is -0.497 e. The van der Waals surface area contributed by atoms with Gasteiger partial charge in [-0.2, -0.15) is 0 Å². The van der Waals surface area contributed by atoms with Crippen LogP contribution in [0, 0.1) is 13.8 Å². The smallest absolute Gasteiger partial charge is 0.344 e. The molecule has 1 aromatic carbocycles. The highest BCUT2D eigenvalue weighted by Gasteiger charge is 2.34. The van der Waals surface area contributed by atoms with E-state index in [9.17, 15) is 14.4 Å². The van der Waals surface area contributed by atoms with E-state index < -0.39 is 24.0 Å². The van der Waals surface area contributed by atoms with Crippen LogP contribution in [0.2, 0.25) is 0 Å². The summed E-state index contributed by atoms with van der Waals surface area (Å²) in [5.41, 5.74) is 1.48. The van der Waals surface area contributed by atoms with E-state index in [1.807, 2.05) is 0 Å². The molecule has 0 saturated carbocycles. The first-order valence-corrected chi connectivity index (χ1v) is 9.57. The number of methoxy groups -OCH3 is 1. The van der Waals surface area contributed by atoms with Gasteiger partial charge in [0.05, 0.1) is 36.7 Å². The Labute approximate surface area is 178 Å². The van der Waals surface area contributed by atoms with Crippen molar-refractivity contribution in [3.8, 4) is 5.75 Å². The summed E-state index contributed by atoms with van der Waals surface area (Å²) in [6.45, 7) is 4.66. The Morgan fingerprint density at radius 2 is 1.84 bits per heavy atom. The van der Waals surface area contributed by atoms with E-state index in [-0.39, 0.29) is 30.0 Å². The molecule has 0 aliphatic carbocycles. The van der Waals surface area contributed by atoms with Gasteiger partial charge in [-0.15, -0.1) is 0 Å². The molecule has 0 bridgehead atoms. The van der Waals surface area contributed by atoms with Crippen LogP contribution >= 0.6 is 0 Å². The van der Waals surface area contributed by atoms with Crippen LogP contribution in [0.25, 0.3) is 0 Å². The van der Waals surface area contributed by atoms with Gasteiger partial charge in [-0.1, -0.05) is 17.3 Å². The van der Waals surface area contributed by atoms with Crippen molar-refractivity contribution in [1.29, 1.82) is 0 Å². The Balaban J connectivity index is 1.94. The van der Waals surface area contributed by atoms with E-state index in [4.69, 9.17) is 18.7 Å². The SMILES string of the molecule is CCOC(=O)C1=C(COC(=O)c2c(C)noc2C)NC(=O)NC1c1ccc(OC)cc1. The summed E-state index contributed by atoms with van der Waals surface area (Å²) in [6.07, 6.45) is 0. The number of nitrogens with zero attached hydrogens (tertiary/aromatic N) is 1. The predicted molar refractivity (Wildman–Crippen MR) is 107 cm³/mol. The van der Waals surface area contributed by atoms with Crippen LogP contribution < -0.4 is 15.4 Å². The molecule has 10 heteroatoms. The summed E-state index contributed by atoms with van der Waals surface area (Å²) in [6, 6.07) is 5.53. The van der Waals surface area contributed by atoms with Crippen molar-refractivity contribution >= 4 is 18.0 Å². The molecule has 164 valence electrons. The predicted octanol–water partition coefficient (Wildman–Crippen LogP) is 2.33. The van der Waals surface area contributed by atoms with Crippen LogP contribution in [-0.2, 0) is 14.3 Å². The van der Waals surface area contributed by atoms with Gasteiger partial charge in [0.2, 0.25) is 0 Å². The molecule has 1 aliphatic heterocycles. The van der Waals surface area contributed by atoms with Crippen LogP contribution in [0.4, 0.5) is 4.79 Å². The van der Waals surface area contributed by atoms with E-state index >= 15 is 0 Å². The zero-order valence-corrected chi connectivity index (χ0v) is 17.6. The highest BCUT2D eigenvalue weighted by atomic mass is 16.5. The van der Waals surface area contributed by atoms with Crippen LogP contribution in [0.5, 0.6) is 5.75 Å². The fourth-order valence-corrected chi connectivity index (χ4v) is 3.21. The third-order valence-electron chi connectivity index (χ3n) is 4.68. The van der Waals surface area contributed by atoms with E-state index in [0.717, 1.165) is 0 Å². The van der Waals surface area contributed by atoms with E-state index in [1.54, 1.807) is 45.0 Å². The maximum Gasteiger partial charge on any atom is 0.344 e. The highest BCUT2D eigenvalue weighted by molar-refractivity contribution is 5.96. The lowest BCUT2D eigenvalue weighted by Gasteiger charge is -2.29. The summed E-state index contributed by atoms with van der Waals surface area (Å²) in [5, 5.41) is 8.98. The largest absolute Gasteiger partial charge is 0.497 e. The Kier molecular flexibility index (Phi) is 6.58. The molecule has 2 heterocycles. The number of urea groups is 1. The Morgan fingerprint density at radius 1 is 1.13 bits per heavy atom. The number of ether oxygens (including phenoxy) is 3. The molecule has 10 nitrogen and oxygen atoms in total. The van der Waals surface area contributed by atoms with Crippen molar-refractivity contribution in [2.45, 2.75) is 26.8 Å². The molecule has 1 aliphatic rings. The molecule has 2 amide bonds. The average molecular weight is 429 g/mol. The third-order valence-corrected chi connectivity index (χ3v) is 4.68. The summed E-state index contributed by atoms with van der Waals surface area (Å²) in [7, 11) is 1.54. The number of esters is 2. The Hall–Kier alpha value is -3.82. The molecular formula is C21H23N3O7. The van der Waals surface area contributed by atoms with Gasteiger partial charge in [-0.25, -0.2) is 14.4 Å². The molecule has 1 atom stereocenters. The fourth-order valence-electron chi connectivity index (χ4n) is 3.21. The maximum atomic E-state index is 12.7. The molecule has 2 N–H and O–H groups in total. The zero-order valence-electron chi connectivity index (χ0n) is 17.6. The number of aromatic nitrogens is 1. The lowest BCUT2D eigenvalue weighted by Crippen LogP contribution is -2.47. The normalized spacial score (nSPS) is 15.7. The first-order valence-electron chi connectivity index (χ1n) is 9.57. The second-order valence-corrected chi connectivity index (χ2v) is 6.69. The number of amides is 2. The molecule has 3 rings (SSSR count). The standard InChI is InChI=1S/C21H23N3O7/c1-5-29-20(26)17-15(10-30-19(25)16-11(2)24-31-12(16)3)22-21(27)23-18(17)13-6-8-14(28-4)9-7-13/h6-9,18H,5,10H2,1-4H3,(H2,22,23,27). The first kappa shape index (κ1) is 21.9. The lowest BCUT2D eigenvalue weighted by molar-refractivity contribution is -0.139. The molecule has 1 unspecified atom stereocenters. The van der Waals surface area contributed by atoms with Gasteiger partial charge in [-0.05, 0) is 38.5 Å². The first-order chi connectivity index (χ1) is 14.8. The Morgan fingerprint density at radius 3 is 2.42 bits per heavy atom. The number of benzene rings is 1. The van der Waals surface area contributed by atoms with Crippen molar-refractivity contribution < 1.29 is 33.1 Å². The van der Waals surface area contributed by atoms with Gasteiger partial charge >= 0.3 is 18.0 Å². The number of nitrogens with one attached hydrogen (secondary N) is 2. The molecule has 0 saturated heterocycles. The van der Waals surface area contributed by atoms with Gasteiger partial charge in [-0.3, -0.25) is 0 Å². The number of hydrogen-bond donors (Lipinski definition) is 2. The molecule has 0 spiro atoms. The van der Waals surface area contributed by atoms with E-state index in [1.165, 1.54) is 7.11 Å². The topological polar surface area (TPSA) is 129 Å². The second kappa shape index (κ2) is 9.33. The number of hydrogen-bond acceptors (Lipinski definition) is 8. The fraction of sp³-hybridized carbons (Fsp3) is 0.333. The van der Waals surface area contributed by atoms with Crippen LogP contribution in [-0.4, -0.2) is 43.4 Å². The molecule has 0 radical (unpaired) electrons.